The summed E-state index contributed by atoms with van der Waals surface area (Å²) in [7, 11) is 0. The van der Waals surface area contributed by atoms with Crippen LogP contribution in [0.15, 0.2) is 9.95 Å². The summed E-state index contributed by atoms with van der Waals surface area (Å²) in [5.41, 5.74) is -0.219. The largest absolute Gasteiger partial charge is 0.465 e. The molecule has 7 nitrogen and oxygen atoms in total. The lowest BCUT2D eigenvalue weighted by Crippen LogP contribution is -2.43. The van der Waals surface area contributed by atoms with E-state index in [9.17, 15) is 9.59 Å². The van der Waals surface area contributed by atoms with E-state index in [0.717, 1.165) is 6.42 Å². The number of H-pyrrole nitrogens is 1. The molecule has 0 aliphatic rings. The van der Waals surface area contributed by atoms with E-state index in [1.165, 1.54) is 11.8 Å². The van der Waals surface area contributed by atoms with Gasteiger partial charge in [-0.1, -0.05) is 32.5 Å². The smallest absolute Gasteiger partial charge is 0.343 e. The number of hydrogen-bond donors (Lipinski definition) is 2. The first-order chi connectivity index (χ1) is 9.99. The van der Waals surface area contributed by atoms with Crippen molar-refractivity contribution < 1.29 is 9.53 Å². The van der Waals surface area contributed by atoms with Crippen molar-refractivity contribution in [1.29, 1.82) is 0 Å². The summed E-state index contributed by atoms with van der Waals surface area (Å²) < 4.78 is 6.65. The van der Waals surface area contributed by atoms with Gasteiger partial charge in [-0.2, -0.15) is 0 Å². The Kier molecular flexibility index (Phi) is 7.52. The molecular weight excluding hydrogens is 292 g/mol. The molecule has 0 aliphatic heterocycles. The maximum atomic E-state index is 11.9. The van der Waals surface area contributed by atoms with Gasteiger partial charge < -0.3 is 10.1 Å². The van der Waals surface area contributed by atoms with Gasteiger partial charge in [0.2, 0.25) is 0 Å². The molecular formula is C13H24N4O3S. The predicted molar refractivity (Wildman–Crippen MR) is 82.6 cm³/mol. The normalized spacial score (nSPS) is 12.6. The number of aromatic amines is 1. The molecule has 8 heteroatoms. The Morgan fingerprint density at radius 3 is 2.76 bits per heavy atom. The third-order valence-corrected chi connectivity index (χ3v) is 3.73. The minimum Gasteiger partial charge on any atom is -0.465 e. The van der Waals surface area contributed by atoms with E-state index in [4.69, 9.17) is 4.74 Å². The topological polar surface area (TPSA) is 89.0 Å². The lowest BCUT2D eigenvalue weighted by molar-refractivity contribution is -0.145. The van der Waals surface area contributed by atoms with Crippen molar-refractivity contribution in [1.82, 2.24) is 20.1 Å². The van der Waals surface area contributed by atoms with E-state index in [1.807, 2.05) is 20.8 Å². The van der Waals surface area contributed by atoms with Crippen LogP contribution in [-0.2, 0) is 16.1 Å². The molecule has 0 amide bonds. The molecule has 0 saturated heterocycles. The zero-order valence-electron chi connectivity index (χ0n) is 13.0. The fourth-order valence-corrected chi connectivity index (χ4v) is 2.81. The van der Waals surface area contributed by atoms with Crippen molar-refractivity contribution >= 4 is 17.7 Å². The molecule has 0 aromatic carbocycles. The molecule has 0 aliphatic carbocycles. The quantitative estimate of drug-likeness (QED) is 0.522. The molecule has 1 unspecified atom stereocenters. The van der Waals surface area contributed by atoms with Crippen LogP contribution < -0.4 is 11.0 Å². The first kappa shape index (κ1) is 17.8. The third kappa shape index (κ3) is 5.55. The highest BCUT2D eigenvalue weighted by Gasteiger charge is 2.22. The van der Waals surface area contributed by atoms with Crippen LogP contribution in [0.5, 0.6) is 0 Å². The van der Waals surface area contributed by atoms with Gasteiger partial charge in [0.05, 0.1) is 6.61 Å². The van der Waals surface area contributed by atoms with Crippen molar-refractivity contribution in [3.8, 4) is 0 Å². The van der Waals surface area contributed by atoms with Crippen molar-refractivity contribution in [2.75, 3.05) is 12.4 Å². The number of ether oxygens (including phenoxy) is 1. The van der Waals surface area contributed by atoms with Gasteiger partial charge >= 0.3 is 11.7 Å². The van der Waals surface area contributed by atoms with Crippen molar-refractivity contribution in [2.45, 2.75) is 57.9 Å². The van der Waals surface area contributed by atoms with E-state index in [1.54, 1.807) is 11.5 Å². The van der Waals surface area contributed by atoms with Crippen LogP contribution in [0.25, 0.3) is 0 Å². The molecule has 1 aromatic heterocycles. The zero-order valence-corrected chi connectivity index (χ0v) is 13.8. The van der Waals surface area contributed by atoms with Crippen molar-refractivity contribution in [2.24, 2.45) is 0 Å². The number of nitrogens with zero attached hydrogens (tertiary/aromatic N) is 2. The summed E-state index contributed by atoms with van der Waals surface area (Å²) in [6, 6.07) is -0.256. The maximum absolute atomic E-state index is 11.9. The Labute approximate surface area is 128 Å². The number of rotatable bonds is 9. The van der Waals surface area contributed by atoms with E-state index in [0.29, 0.717) is 24.1 Å². The lowest BCUT2D eigenvalue weighted by Gasteiger charge is -2.19. The molecule has 21 heavy (non-hydrogen) atoms. The van der Waals surface area contributed by atoms with Gasteiger partial charge in [-0.05, 0) is 13.3 Å². The summed E-state index contributed by atoms with van der Waals surface area (Å²) in [5.74, 6) is 0.184. The number of carbonyl (C=O) groups excluding carboxylic acids is 1. The summed E-state index contributed by atoms with van der Waals surface area (Å²) >= 11 is 1.37. The molecule has 0 fully saturated rings. The van der Waals surface area contributed by atoms with Crippen LogP contribution in [0.4, 0.5) is 0 Å². The Bertz CT molecular complexity index is 498. The van der Waals surface area contributed by atoms with Gasteiger partial charge in [-0.25, -0.2) is 9.89 Å². The molecule has 1 atom stereocenters. The van der Waals surface area contributed by atoms with E-state index in [-0.39, 0.29) is 17.7 Å². The number of thioether (sulfide) groups is 1. The molecule has 0 saturated carbocycles. The third-order valence-electron chi connectivity index (χ3n) is 2.66. The van der Waals surface area contributed by atoms with Gasteiger partial charge in [0.15, 0.2) is 5.16 Å². The van der Waals surface area contributed by atoms with Gasteiger partial charge in [0.25, 0.3) is 0 Å². The van der Waals surface area contributed by atoms with Gasteiger partial charge in [0, 0.05) is 18.3 Å². The SMILES string of the molecule is CCCn1c(SCC(NC(C)C)C(=O)OCC)n[nH]c1=O. The number of carbonyl (C=O) groups is 1. The zero-order chi connectivity index (χ0) is 15.8. The van der Waals surface area contributed by atoms with Crippen molar-refractivity contribution in [3.05, 3.63) is 10.5 Å². The van der Waals surface area contributed by atoms with E-state index < -0.39 is 6.04 Å². The monoisotopic (exact) mass is 316 g/mol. The van der Waals surface area contributed by atoms with Crippen LogP contribution >= 0.6 is 11.8 Å². The van der Waals surface area contributed by atoms with Crippen molar-refractivity contribution in [3.63, 3.8) is 0 Å². The second kappa shape index (κ2) is 8.89. The van der Waals surface area contributed by atoms with E-state index in [2.05, 4.69) is 15.5 Å². The van der Waals surface area contributed by atoms with E-state index >= 15 is 0 Å². The highest BCUT2D eigenvalue weighted by atomic mass is 32.2. The van der Waals surface area contributed by atoms with Crippen LogP contribution in [0.1, 0.15) is 34.1 Å². The highest BCUT2D eigenvalue weighted by Crippen LogP contribution is 2.15. The Morgan fingerprint density at radius 2 is 2.19 bits per heavy atom. The Morgan fingerprint density at radius 1 is 1.48 bits per heavy atom. The first-order valence-electron chi connectivity index (χ1n) is 7.20. The average Bonchev–Trinajstić information content (AvgIpc) is 2.76. The number of esters is 1. The molecule has 0 radical (unpaired) electrons. The van der Waals surface area contributed by atoms with Crippen LogP contribution in [0.2, 0.25) is 0 Å². The summed E-state index contributed by atoms with van der Waals surface area (Å²) in [5, 5.41) is 10.2. The van der Waals surface area contributed by atoms with Crippen LogP contribution in [0.3, 0.4) is 0 Å². The minimum absolute atomic E-state index is 0.164. The highest BCUT2D eigenvalue weighted by molar-refractivity contribution is 7.99. The first-order valence-corrected chi connectivity index (χ1v) is 8.18. The molecule has 2 N–H and O–H groups in total. The standard InChI is InChI=1S/C13H24N4O3S/c1-5-7-17-12(19)15-16-13(17)21-8-10(14-9(3)4)11(18)20-6-2/h9-10,14H,5-8H2,1-4H3,(H,15,19). The lowest BCUT2D eigenvalue weighted by atomic mass is 10.3. The Hall–Kier alpha value is -1.28. The Balaban J connectivity index is 2.72. The fourth-order valence-electron chi connectivity index (χ4n) is 1.82. The van der Waals surface area contributed by atoms with Gasteiger partial charge in [0.1, 0.15) is 6.04 Å². The average molecular weight is 316 g/mol. The van der Waals surface area contributed by atoms with Gasteiger partial charge in [-0.3, -0.25) is 9.36 Å². The summed E-state index contributed by atoms with van der Waals surface area (Å²) in [6.45, 7) is 8.68. The molecule has 0 bridgehead atoms. The molecule has 0 spiro atoms. The van der Waals surface area contributed by atoms with Gasteiger partial charge in [-0.15, -0.1) is 5.10 Å². The second-order valence-electron chi connectivity index (χ2n) is 4.90. The molecule has 1 heterocycles. The number of aromatic nitrogens is 3. The second-order valence-corrected chi connectivity index (χ2v) is 5.89. The van der Waals surface area contributed by atoms with Crippen LogP contribution in [0, 0.1) is 0 Å². The number of hydrogen-bond acceptors (Lipinski definition) is 6. The van der Waals surface area contributed by atoms with Crippen LogP contribution in [-0.4, -0.2) is 45.2 Å². The predicted octanol–water partition coefficient (Wildman–Crippen LogP) is 1.00. The maximum Gasteiger partial charge on any atom is 0.343 e. The number of nitrogens with one attached hydrogen (secondary N) is 2. The molecule has 1 rings (SSSR count). The fraction of sp³-hybridized carbons (Fsp3) is 0.769. The molecule has 120 valence electrons. The molecule has 1 aromatic rings. The summed E-state index contributed by atoms with van der Waals surface area (Å²) in [6.07, 6.45) is 0.846. The summed E-state index contributed by atoms with van der Waals surface area (Å²) in [4.78, 5) is 23.5. The minimum atomic E-state index is -0.420.